The molecule has 3 heterocycles. The lowest BCUT2D eigenvalue weighted by molar-refractivity contribution is -0.147. The van der Waals surface area contributed by atoms with Crippen LogP contribution >= 0.6 is 0 Å². The van der Waals surface area contributed by atoms with Gasteiger partial charge in [-0.3, -0.25) is 14.3 Å². The fourth-order valence-electron chi connectivity index (χ4n) is 10.2. The van der Waals surface area contributed by atoms with Crippen LogP contribution in [0.1, 0.15) is 69.7 Å². The van der Waals surface area contributed by atoms with Crippen molar-refractivity contribution in [3.63, 3.8) is 0 Å². The van der Waals surface area contributed by atoms with Crippen molar-refractivity contribution in [2.45, 2.75) is 70.7 Å². The summed E-state index contributed by atoms with van der Waals surface area (Å²) in [5, 5.41) is 14.0. The third-order valence-electron chi connectivity index (χ3n) is 14.0. The first-order chi connectivity index (χ1) is 37.2. The molecule has 1 atom stereocenters. The number of aliphatic hydroxyl groups is 1. The molecule has 0 aliphatic carbocycles. The summed E-state index contributed by atoms with van der Waals surface area (Å²) in [4.78, 5) is 48.8. The van der Waals surface area contributed by atoms with Crippen LogP contribution < -0.4 is 9.64 Å². The van der Waals surface area contributed by atoms with E-state index in [2.05, 4.69) is 113 Å². The van der Waals surface area contributed by atoms with Crippen LogP contribution in [-0.4, -0.2) is 151 Å². The Kier molecular flexibility index (Phi) is 19.2. The maximum atomic E-state index is 14.8. The van der Waals surface area contributed by atoms with Crippen molar-refractivity contribution in [1.82, 2.24) is 24.5 Å². The highest BCUT2D eigenvalue weighted by Gasteiger charge is 2.40. The Labute approximate surface area is 454 Å². The SMILES string of the molecule is CC(C)(C)OC(=O)N1CCN(C(=O)C(C)(C)Oc2cccc(N3CCC[C@@H](C(=O)N(CCOCCOCCOCCO)Cc4ccc(-c5cnn(C(c6ccccc6)(c6ccccc6)c6ccccc6)c5)cc4)C3)c2)CC1. The van der Waals surface area contributed by atoms with Crippen LogP contribution in [0.4, 0.5) is 10.5 Å². The molecule has 77 heavy (non-hydrogen) atoms. The molecule has 0 unspecified atom stereocenters. The van der Waals surface area contributed by atoms with Crippen molar-refractivity contribution in [3.05, 3.63) is 174 Å². The number of anilines is 1. The zero-order valence-corrected chi connectivity index (χ0v) is 45.4. The molecular weight excluding hydrogens is 973 g/mol. The van der Waals surface area contributed by atoms with E-state index in [1.54, 1.807) is 23.6 Å². The van der Waals surface area contributed by atoms with Crippen molar-refractivity contribution >= 4 is 23.6 Å². The van der Waals surface area contributed by atoms with Gasteiger partial charge < -0.3 is 48.4 Å². The number of piperazine rings is 1. The third-order valence-corrected chi connectivity index (χ3v) is 14.0. The van der Waals surface area contributed by atoms with Gasteiger partial charge in [0.1, 0.15) is 16.9 Å². The largest absolute Gasteiger partial charge is 0.478 e. The standard InChI is InChI=1S/C62H76N6O9/c1-60(2,3)77-59(72)65-33-31-64(32-34-65)58(71)61(4,5)76-56-25-15-24-55(43-56)66-30-16-17-50(46-66)57(70)67(35-37-73-39-41-75-42-40-74-38-36-69)45-48-26-28-49(29-27-48)51-44-63-68(47-51)62(52-18-9-6-10-19-52,53-20-11-7-12-21-53)54-22-13-8-14-23-54/h6-15,18-29,43-44,47,50,69H,16-17,30-42,45-46H2,1-5H3/t50-/m1/s1. The van der Waals surface area contributed by atoms with E-state index in [9.17, 15) is 14.4 Å². The Morgan fingerprint density at radius 2 is 1.22 bits per heavy atom. The molecule has 15 heteroatoms. The lowest BCUT2D eigenvalue weighted by Gasteiger charge is -2.39. The van der Waals surface area contributed by atoms with Gasteiger partial charge in [0, 0.05) is 75.9 Å². The molecule has 3 amide bonds. The highest BCUT2D eigenvalue weighted by molar-refractivity contribution is 5.85. The van der Waals surface area contributed by atoms with Gasteiger partial charge in [-0.2, -0.15) is 5.10 Å². The van der Waals surface area contributed by atoms with Crippen LogP contribution in [0.25, 0.3) is 11.1 Å². The number of aromatic nitrogens is 2. The summed E-state index contributed by atoms with van der Waals surface area (Å²) in [5.74, 6) is 0.193. The number of hydrogen-bond donors (Lipinski definition) is 1. The van der Waals surface area contributed by atoms with Crippen molar-refractivity contribution in [3.8, 4) is 16.9 Å². The predicted octanol–water partition coefficient (Wildman–Crippen LogP) is 8.91. The minimum absolute atomic E-state index is 0.0297. The van der Waals surface area contributed by atoms with Gasteiger partial charge in [0.25, 0.3) is 5.91 Å². The van der Waals surface area contributed by atoms with Crippen LogP contribution in [0, 0.1) is 5.92 Å². The number of benzene rings is 5. The quantitative estimate of drug-likeness (QED) is 0.0485. The summed E-state index contributed by atoms with van der Waals surface area (Å²) >= 11 is 0. The molecule has 2 saturated heterocycles. The molecule has 0 radical (unpaired) electrons. The Morgan fingerprint density at radius 3 is 1.81 bits per heavy atom. The van der Waals surface area contributed by atoms with E-state index in [0.29, 0.717) is 84.6 Å². The minimum Gasteiger partial charge on any atom is -0.478 e. The van der Waals surface area contributed by atoms with E-state index in [-0.39, 0.29) is 37.0 Å². The maximum absolute atomic E-state index is 14.8. The number of piperidine rings is 1. The molecule has 408 valence electrons. The van der Waals surface area contributed by atoms with E-state index in [4.69, 9.17) is 33.9 Å². The third kappa shape index (κ3) is 14.5. The average molecular weight is 1050 g/mol. The predicted molar refractivity (Wildman–Crippen MR) is 298 cm³/mol. The molecule has 15 nitrogen and oxygen atoms in total. The topological polar surface area (TPSA) is 148 Å². The summed E-state index contributed by atoms with van der Waals surface area (Å²) in [6, 6.07) is 47.6. The van der Waals surface area contributed by atoms with Crippen molar-refractivity contribution < 1.29 is 43.2 Å². The number of ether oxygens (including phenoxy) is 5. The second-order valence-corrected chi connectivity index (χ2v) is 21.2. The summed E-state index contributed by atoms with van der Waals surface area (Å²) < 4.78 is 31.0. The van der Waals surface area contributed by atoms with Gasteiger partial charge in [-0.05, 0) is 87.4 Å². The highest BCUT2D eigenvalue weighted by Crippen LogP contribution is 2.41. The number of rotatable bonds is 23. The van der Waals surface area contributed by atoms with E-state index in [0.717, 1.165) is 58.5 Å². The van der Waals surface area contributed by atoms with Gasteiger partial charge >= 0.3 is 6.09 Å². The zero-order valence-electron chi connectivity index (χ0n) is 45.4. The van der Waals surface area contributed by atoms with Crippen LogP contribution in [0.2, 0.25) is 0 Å². The van der Waals surface area contributed by atoms with Crippen molar-refractivity contribution in [1.29, 1.82) is 0 Å². The van der Waals surface area contributed by atoms with Gasteiger partial charge in [-0.1, -0.05) is 121 Å². The summed E-state index contributed by atoms with van der Waals surface area (Å²) in [6.07, 6.45) is 5.24. The number of aliphatic hydroxyl groups excluding tert-OH is 1. The van der Waals surface area contributed by atoms with Gasteiger partial charge in [-0.15, -0.1) is 0 Å². The second-order valence-electron chi connectivity index (χ2n) is 21.2. The Balaban J connectivity index is 0.949. The Hall–Kier alpha value is -7.04. The van der Waals surface area contributed by atoms with Gasteiger partial charge in [0.2, 0.25) is 5.91 Å². The Bertz CT molecular complexity index is 2700. The molecule has 5 aromatic carbocycles. The minimum atomic E-state index is -1.17. The molecule has 0 saturated carbocycles. The van der Waals surface area contributed by atoms with Gasteiger partial charge in [0.15, 0.2) is 5.60 Å². The van der Waals surface area contributed by atoms with Crippen LogP contribution in [0.5, 0.6) is 5.75 Å². The lowest BCUT2D eigenvalue weighted by atomic mass is 9.77. The molecule has 2 aliphatic heterocycles. The molecule has 0 bridgehead atoms. The van der Waals surface area contributed by atoms with Crippen LogP contribution in [-0.2, 0) is 40.6 Å². The molecule has 8 rings (SSSR count). The monoisotopic (exact) mass is 1050 g/mol. The molecule has 0 spiro atoms. The zero-order chi connectivity index (χ0) is 54.3. The fourth-order valence-corrected chi connectivity index (χ4v) is 10.2. The van der Waals surface area contributed by atoms with E-state index in [1.165, 1.54) is 0 Å². The number of carbonyl (C=O) groups is 3. The van der Waals surface area contributed by atoms with E-state index < -0.39 is 16.7 Å². The van der Waals surface area contributed by atoms with Crippen LogP contribution in [0.15, 0.2) is 152 Å². The lowest BCUT2D eigenvalue weighted by Crippen LogP contribution is -2.57. The average Bonchev–Trinajstić information content (AvgIpc) is 4.02. The summed E-state index contributed by atoms with van der Waals surface area (Å²) in [6.45, 7) is 14.8. The number of carbonyl (C=O) groups excluding carboxylic acids is 3. The van der Waals surface area contributed by atoms with Gasteiger partial charge in [0.05, 0.1) is 58.4 Å². The maximum Gasteiger partial charge on any atom is 0.410 e. The van der Waals surface area contributed by atoms with Gasteiger partial charge in [-0.25, -0.2) is 4.79 Å². The van der Waals surface area contributed by atoms with E-state index in [1.807, 2.05) is 74.3 Å². The number of hydrogen-bond acceptors (Lipinski definition) is 11. The smallest absolute Gasteiger partial charge is 0.410 e. The first-order valence-electron chi connectivity index (χ1n) is 27.0. The van der Waals surface area contributed by atoms with Crippen LogP contribution in [0.3, 0.4) is 0 Å². The Morgan fingerprint density at radius 1 is 0.649 bits per heavy atom. The molecule has 2 fully saturated rings. The molecule has 1 N–H and O–H groups in total. The summed E-state index contributed by atoms with van der Waals surface area (Å²) in [5.41, 5.74) is 4.65. The molecule has 6 aromatic rings. The number of amides is 3. The summed E-state index contributed by atoms with van der Waals surface area (Å²) in [7, 11) is 0. The fraction of sp³-hybridized carbons (Fsp3) is 0.419. The second kappa shape index (κ2) is 26.3. The first kappa shape index (κ1) is 56.2. The van der Waals surface area contributed by atoms with Crippen molar-refractivity contribution in [2.75, 3.05) is 97.0 Å². The van der Waals surface area contributed by atoms with E-state index >= 15 is 0 Å². The molecule has 2 aliphatic rings. The molecular formula is C62H76N6O9. The highest BCUT2D eigenvalue weighted by atomic mass is 16.6. The van der Waals surface area contributed by atoms with Crippen molar-refractivity contribution in [2.24, 2.45) is 5.92 Å². The normalized spacial score (nSPS) is 15.3. The number of nitrogens with zero attached hydrogens (tertiary/aromatic N) is 6. The first-order valence-corrected chi connectivity index (χ1v) is 27.0. The molecule has 1 aromatic heterocycles.